The van der Waals surface area contributed by atoms with E-state index in [0.29, 0.717) is 6.54 Å². The number of hydrogen-bond acceptors (Lipinski definition) is 4. The van der Waals surface area contributed by atoms with Crippen LogP contribution in [0.5, 0.6) is 0 Å². The van der Waals surface area contributed by atoms with Gasteiger partial charge in [0.2, 0.25) is 0 Å². The number of aromatic nitrogens is 2. The van der Waals surface area contributed by atoms with E-state index in [1.165, 1.54) is 5.56 Å². The van der Waals surface area contributed by atoms with Crippen LogP contribution in [-0.2, 0) is 0 Å². The van der Waals surface area contributed by atoms with E-state index in [2.05, 4.69) is 46.1 Å². The van der Waals surface area contributed by atoms with E-state index in [0.717, 1.165) is 11.4 Å². The van der Waals surface area contributed by atoms with Crippen LogP contribution in [0.15, 0.2) is 42.9 Å². The Morgan fingerprint density at radius 2 is 1.94 bits per heavy atom. The second-order valence-corrected chi connectivity index (χ2v) is 4.33. The van der Waals surface area contributed by atoms with Crippen molar-refractivity contribution >= 4 is 5.69 Å². The Bertz CT molecular complexity index is 481. The third-order valence-electron chi connectivity index (χ3n) is 3.08. The Labute approximate surface area is 107 Å². The summed E-state index contributed by atoms with van der Waals surface area (Å²) in [6, 6.07) is 10.4. The Kier molecular flexibility index (Phi) is 3.89. The lowest BCUT2D eigenvalue weighted by Gasteiger charge is -2.28. The number of hydrogen-bond donors (Lipinski definition) is 1. The van der Waals surface area contributed by atoms with E-state index in [-0.39, 0.29) is 6.04 Å². The van der Waals surface area contributed by atoms with Crippen LogP contribution >= 0.6 is 0 Å². The quantitative estimate of drug-likeness (QED) is 0.890. The van der Waals surface area contributed by atoms with Gasteiger partial charge in [0.15, 0.2) is 0 Å². The molecule has 4 heteroatoms. The van der Waals surface area contributed by atoms with E-state index in [9.17, 15) is 0 Å². The molecule has 2 rings (SSSR count). The maximum Gasteiger partial charge on any atom is 0.115 e. The zero-order valence-electron chi connectivity index (χ0n) is 10.7. The van der Waals surface area contributed by atoms with Crippen LogP contribution in [-0.4, -0.2) is 23.6 Å². The largest absolute Gasteiger partial charge is 0.365 e. The molecule has 0 aliphatic heterocycles. The summed E-state index contributed by atoms with van der Waals surface area (Å²) in [7, 11) is 2.03. The van der Waals surface area contributed by atoms with Crippen molar-refractivity contribution in [1.29, 1.82) is 0 Å². The molecule has 0 radical (unpaired) electrons. The molecule has 1 aromatic heterocycles. The number of likely N-dealkylation sites (N-methyl/N-ethyl adjacent to an activating group) is 1. The molecule has 18 heavy (non-hydrogen) atoms. The fourth-order valence-corrected chi connectivity index (χ4v) is 1.94. The highest BCUT2D eigenvalue weighted by atomic mass is 15.2. The molecule has 0 saturated heterocycles. The molecule has 0 saturated carbocycles. The van der Waals surface area contributed by atoms with Crippen LogP contribution in [0.25, 0.3) is 0 Å². The Hall–Kier alpha value is -1.94. The summed E-state index contributed by atoms with van der Waals surface area (Å²) >= 11 is 0. The molecular weight excluding hydrogens is 224 g/mol. The van der Waals surface area contributed by atoms with Crippen LogP contribution in [0.3, 0.4) is 0 Å². The summed E-state index contributed by atoms with van der Waals surface area (Å²) in [5.41, 5.74) is 9.19. The summed E-state index contributed by atoms with van der Waals surface area (Å²) < 4.78 is 0. The normalized spacial score (nSPS) is 12.2. The SMILES string of the molecule is Cc1ccc(N(C)C(CN)c2ccncn2)cc1. The zero-order chi connectivity index (χ0) is 13.0. The maximum absolute atomic E-state index is 5.87. The third kappa shape index (κ3) is 2.65. The van der Waals surface area contributed by atoms with Crippen LogP contribution in [0, 0.1) is 6.92 Å². The van der Waals surface area contributed by atoms with Crippen LogP contribution in [0.4, 0.5) is 5.69 Å². The lowest BCUT2D eigenvalue weighted by molar-refractivity contribution is 0.658. The van der Waals surface area contributed by atoms with Crippen LogP contribution < -0.4 is 10.6 Å². The van der Waals surface area contributed by atoms with Gasteiger partial charge >= 0.3 is 0 Å². The van der Waals surface area contributed by atoms with Crippen molar-refractivity contribution in [3.63, 3.8) is 0 Å². The number of aryl methyl sites for hydroxylation is 1. The predicted molar refractivity (Wildman–Crippen MR) is 73.4 cm³/mol. The number of rotatable bonds is 4. The number of anilines is 1. The van der Waals surface area contributed by atoms with Crippen LogP contribution in [0.2, 0.25) is 0 Å². The molecule has 0 aliphatic rings. The van der Waals surface area contributed by atoms with Crippen molar-refractivity contribution in [3.05, 3.63) is 54.1 Å². The summed E-state index contributed by atoms with van der Waals surface area (Å²) in [5.74, 6) is 0. The van der Waals surface area contributed by atoms with Crippen molar-refractivity contribution < 1.29 is 0 Å². The maximum atomic E-state index is 5.87. The second-order valence-electron chi connectivity index (χ2n) is 4.33. The highest BCUT2D eigenvalue weighted by molar-refractivity contribution is 5.48. The molecular formula is C14H18N4. The van der Waals surface area contributed by atoms with Gasteiger partial charge in [-0.25, -0.2) is 9.97 Å². The standard InChI is InChI=1S/C14H18N4/c1-11-3-5-12(6-4-11)18(2)14(9-15)13-7-8-16-10-17-13/h3-8,10,14H,9,15H2,1-2H3. The molecule has 0 spiro atoms. The van der Waals surface area contributed by atoms with Crippen molar-refractivity contribution in [2.75, 3.05) is 18.5 Å². The predicted octanol–water partition coefficient (Wildman–Crippen LogP) is 1.92. The minimum Gasteiger partial charge on any atom is -0.365 e. The van der Waals surface area contributed by atoms with Crippen molar-refractivity contribution in [3.8, 4) is 0 Å². The Morgan fingerprint density at radius 1 is 1.22 bits per heavy atom. The number of nitrogens with two attached hydrogens (primary N) is 1. The molecule has 94 valence electrons. The van der Waals surface area contributed by atoms with Crippen molar-refractivity contribution in [2.24, 2.45) is 5.73 Å². The minimum absolute atomic E-state index is 0.0655. The van der Waals surface area contributed by atoms with E-state index >= 15 is 0 Å². The highest BCUT2D eigenvalue weighted by Crippen LogP contribution is 2.23. The molecule has 1 heterocycles. The molecule has 1 unspecified atom stereocenters. The van der Waals surface area contributed by atoms with Gasteiger partial charge in [0.05, 0.1) is 11.7 Å². The molecule has 2 N–H and O–H groups in total. The van der Waals surface area contributed by atoms with Gasteiger partial charge in [-0.3, -0.25) is 0 Å². The molecule has 2 aromatic rings. The lowest BCUT2D eigenvalue weighted by atomic mass is 10.1. The van der Waals surface area contributed by atoms with Gasteiger partial charge in [0.1, 0.15) is 6.33 Å². The van der Waals surface area contributed by atoms with Gasteiger partial charge in [-0.1, -0.05) is 17.7 Å². The first-order valence-corrected chi connectivity index (χ1v) is 5.98. The van der Waals surface area contributed by atoms with Crippen LogP contribution in [0.1, 0.15) is 17.3 Å². The first kappa shape index (κ1) is 12.5. The second kappa shape index (κ2) is 5.60. The topological polar surface area (TPSA) is 55.0 Å². The Morgan fingerprint density at radius 3 is 2.50 bits per heavy atom. The number of nitrogens with zero attached hydrogens (tertiary/aromatic N) is 3. The van der Waals surface area contributed by atoms with Crippen molar-refractivity contribution in [1.82, 2.24) is 9.97 Å². The van der Waals surface area contributed by atoms with Gasteiger partial charge in [-0.2, -0.15) is 0 Å². The van der Waals surface area contributed by atoms with Gasteiger partial charge in [-0.15, -0.1) is 0 Å². The fraction of sp³-hybridized carbons (Fsp3) is 0.286. The summed E-state index contributed by atoms with van der Waals surface area (Å²) in [4.78, 5) is 10.4. The molecule has 0 bridgehead atoms. The van der Waals surface area contributed by atoms with Gasteiger partial charge in [0, 0.05) is 25.5 Å². The van der Waals surface area contributed by atoms with E-state index in [1.54, 1.807) is 12.5 Å². The van der Waals surface area contributed by atoms with Crippen molar-refractivity contribution in [2.45, 2.75) is 13.0 Å². The smallest absolute Gasteiger partial charge is 0.115 e. The average Bonchev–Trinajstić information content (AvgIpc) is 2.41. The van der Waals surface area contributed by atoms with Gasteiger partial charge in [0.25, 0.3) is 0 Å². The summed E-state index contributed by atoms with van der Waals surface area (Å²) in [5, 5.41) is 0. The van der Waals surface area contributed by atoms with Gasteiger partial charge in [-0.05, 0) is 25.1 Å². The third-order valence-corrected chi connectivity index (χ3v) is 3.08. The molecule has 0 aliphatic carbocycles. The fourth-order valence-electron chi connectivity index (χ4n) is 1.94. The first-order valence-electron chi connectivity index (χ1n) is 5.98. The van der Waals surface area contributed by atoms with E-state index in [4.69, 9.17) is 5.73 Å². The number of benzene rings is 1. The van der Waals surface area contributed by atoms with E-state index in [1.807, 2.05) is 13.1 Å². The lowest BCUT2D eigenvalue weighted by Crippen LogP contribution is -2.31. The van der Waals surface area contributed by atoms with E-state index < -0.39 is 0 Å². The minimum atomic E-state index is 0.0655. The highest BCUT2D eigenvalue weighted by Gasteiger charge is 2.16. The molecule has 0 amide bonds. The molecule has 0 fully saturated rings. The monoisotopic (exact) mass is 242 g/mol. The average molecular weight is 242 g/mol. The summed E-state index contributed by atoms with van der Waals surface area (Å²) in [6.45, 7) is 2.59. The molecule has 4 nitrogen and oxygen atoms in total. The zero-order valence-corrected chi connectivity index (χ0v) is 10.7. The van der Waals surface area contributed by atoms with Gasteiger partial charge < -0.3 is 10.6 Å². The summed E-state index contributed by atoms with van der Waals surface area (Å²) in [6.07, 6.45) is 3.30. The first-order chi connectivity index (χ1) is 8.72. The Balaban J connectivity index is 2.25. The molecule has 1 aromatic carbocycles. The molecule has 1 atom stereocenters.